The van der Waals surface area contributed by atoms with Crippen molar-refractivity contribution in [1.82, 2.24) is 9.88 Å². The van der Waals surface area contributed by atoms with Gasteiger partial charge < -0.3 is 4.90 Å². The van der Waals surface area contributed by atoms with Gasteiger partial charge in [0, 0.05) is 18.8 Å². The van der Waals surface area contributed by atoms with Gasteiger partial charge in [0.05, 0.1) is 5.56 Å². The van der Waals surface area contributed by atoms with Crippen molar-refractivity contribution >= 4 is 21.8 Å². The molecule has 1 aromatic rings. The summed E-state index contributed by atoms with van der Waals surface area (Å²) in [6.45, 7) is 9.07. The summed E-state index contributed by atoms with van der Waals surface area (Å²) in [5.41, 5.74) is 0.641. The van der Waals surface area contributed by atoms with Gasteiger partial charge in [-0.1, -0.05) is 13.8 Å². The van der Waals surface area contributed by atoms with Crippen LogP contribution in [0.1, 0.15) is 38.1 Å². The van der Waals surface area contributed by atoms with Crippen molar-refractivity contribution in [1.29, 1.82) is 0 Å². The molecule has 3 nitrogen and oxygen atoms in total. The van der Waals surface area contributed by atoms with E-state index in [0.29, 0.717) is 11.5 Å². The van der Waals surface area contributed by atoms with Gasteiger partial charge in [-0.25, -0.2) is 4.98 Å². The lowest BCUT2D eigenvalue weighted by molar-refractivity contribution is 0.0681. The predicted molar refractivity (Wildman–Crippen MR) is 72.9 cm³/mol. The minimum absolute atomic E-state index is 0.0497. The number of rotatable bonds is 4. The van der Waals surface area contributed by atoms with Crippen LogP contribution in [0.15, 0.2) is 22.9 Å². The summed E-state index contributed by atoms with van der Waals surface area (Å²) in [6, 6.07) is 3.80. The summed E-state index contributed by atoms with van der Waals surface area (Å²) < 4.78 is 0.744. The number of hydrogen-bond donors (Lipinski definition) is 0. The van der Waals surface area contributed by atoms with Crippen LogP contribution in [-0.4, -0.2) is 28.4 Å². The molecule has 4 heteroatoms. The average molecular weight is 299 g/mol. The summed E-state index contributed by atoms with van der Waals surface area (Å²) in [4.78, 5) is 18.3. The van der Waals surface area contributed by atoms with E-state index in [1.165, 1.54) is 0 Å². The first-order valence-corrected chi connectivity index (χ1v) is 6.63. The van der Waals surface area contributed by atoms with Crippen molar-refractivity contribution in [2.24, 2.45) is 5.92 Å². The molecular weight excluding hydrogens is 280 g/mol. The third-order valence-corrected chi connectivity index (χ3v) is 2.89. The molecule has 0 atom stereocenters. The Kier molecular flexibility index (Phi) is 5.12. The molecule has 0 aromatic carbocycles. The zero-order valence-electron chi connectivity index (χ0n) is 10.8. The van der Waals surface area contributed by atoms with Crippen molar-refractivity contribution in [2.75, 3.05) is 6.54 Å². The van der Waals surface area contributed by atoms with Gasteiger partial charge in [0.2, 0.25) is 0 Å². The monoisotopic (exact) mass is 298 g/mol. The van der Waals surface area contributed by atoms with Crippen LogP contribution < -0.4 is 0 Å². The van der Waals surface area contributed by atoms with E-state index in [4.69, 9.17) is 0 Å². The highest BCUT2D eigenvalue weighted by atomic mass is 79.9. The fourth-order valence-corrected chi connectivity index (χ4v) is 1.82. The van der Waals surface area contributed by atoms with E-state index in [2.05, 4.69) is 34.8 Å². The molecule has 0 aliphatic rings. The van der Waals surface area contributed by atoms with Crippen LogP contribution in [0.2, 0.25) is 0 Å². The van der Waals surface area contributed by atoms with Gasteiger partial charge in [0.15, 0.2) is 0 Å². The second kappa shape index (κ2) is 6.15. The molecule has 0 fully saturated rings. The lowest BCUT2D eigenvalue weighted by atomic mass is 10.1. The molecule has 1 amide bonds. The number of halogens is 1. The van der Waals surface area contributed by atoms with Crippen molar-refractivity contribution < 1.29 is 4.79 Å². The topological polar surface area (TPSA) is 33.2 Å². The van der Waals surface area contributed by atoms with Gasteiger partial charge in [0.1, 0.15) is 4.60 Å². The number of carbonyl (C=O) groups excluding carboxylic acids is 1. The van der Waals surface area contributed by atoms with Crippen molar-refractivity contribution in [3.05, 3.63) is 28.5 Å². The number of amides is 1. The third kappa shape index (κ3) is 4.11. The van der Waals surface area contributed by atoms with E-state index in [0.717, 1.165) is 11.1 Å². The van der Waals surface area contributed by atoms with Crippen LogP contribution in [0.4, 0.5) is 0 Å². The summed E-state index contributed by atoms with van der Waals surface area (Å²) in [6.07, 6.45) is 1.61. The fourth-order valence-electron chi connectivity index (χ4n) is 1.59. The van der Waals surface area contributed by atoms with Crippen LogP contribution in [0.3, 0.4) is 0 Å². The molecule has 0 saturated heterocycles. The smallest absolute Gasteiger partial charge is 0.255 e. The highest BCUT2D eigenvalue weighted by Crippen LogP contribution is 2.12. The van der Waals surface area contributed by atoms with Crippen molar-refractivity contribution in [3.63, 3.8) is 0 Å². The molecule has 0 N–H and O–H groups in total. The molecule has 1 aromatic heterocycles. The molecule has 0 aliphatic heterocycles. The Morgan fingerprint density at radius 3 is 2.41 bits per heavy atom. The first-order valence-electron chi connectivity index (χ1n) is 5.84. The zero-order valence-corrected chi connectivity index (χ0v) is 12.4. The Morgan fingerprint density at radius 2 is 2.00 bits per heavy atom. The normalized spacial score (nSPS) is 11.0. The number of pyridine rings is 1. The third-order valence-electron chi connectivity index (χ3n) is 2.42. The summed E-state index contributed by atoms with van der Waals surface area (Å²) in [7, 11) is 0. The Labute approximate surface area is 111 Å². The van der Waals surface area contributed by atoms with Gasteiger partial charge in [-0.15, -0.1) is 0 Å². The Hall–Kier alpha value is -0.900. The Morgan fingerprint density at radius 1 is 1.35 bits per heavy atom. The van der Waals surface area contributed by atoms with E-state index in [1.807, 2.05) is 18.7 Å². The summed E-state index contributed by atoms with van der Waals surface area (Å²) in [5.74, 6) is 0.512. The molecule has 17 heavy (non-hydrogen) atoms. The van der Waals surface area contributed by atoms with E-state index in [9.17, 15) is 4.79 Å². The zero-order chi connectivity index (χ0) is 13.0. The number of aromatic nitrogens is 1. The van der Waals surface area contributed by atoms with Crippen molar-refractivity contribution in [3.8, 4) is 0 Å². The molecule has 0 aliphatic carbocycles. The minimum Gasteiger partial charge on any atom is -0.336 e. The second-order valence-corrected chi connectivity index (χ2v) is 5.63. The van der Waals surface area contributed by atoms with Gasteiger partial charge in [-0.05, 0) is 47.8 Å². The van der Waals surface area contributed by atoms with Crippen LogP contribution >= 0.6 is 15.9 Å². The predicted octanol–water partition coefficient (Wildman–Crippen LogP) is 3.35. The van der Waals surface area contributed by atoms with Gasteiger partial charge in [-0.2, -0.15) is 0 Å². The maximum Gasteiger partial charge on any atom is 0.255 e. The lowest BCUT2D eigenvalue weighted by Crippen LogP contribution is -2.39. The van der Waals surface area contributed by atoms with Gasteiger partial charge >= 0.3 is 0 Å². The van der Waals surface area contributed by atoms with Crippen LogP contribution in [-0.2, 0) is 0 Å². The lowest BCUT2D eigenvalue weighted by Gasteiger charge is -2.28. The molecule has 94 valence electrons. The Balaban J connectivity index is 2.88. The molecule has 1 heterocycles. The van der Waals surface area contributed by atoms with Crippen LogP contribution in [0, 0.1) is 5.92 Å². The molecule has 0 spiro atoms. The minimum atomic E-state index is 0.0497. The maximum atomic E-state index is 12.3. The van der Waals surface area contributed by atoms with Gasteiger partial charge in [-0.3, -0.25) is 4.79 Å². The molecule has 0 bridgehead atoms. The van der Waals surface area contributed by atoms with E-state index in [1.54, 1.807) is 18.3 Å². The van der Waals surface area contributed by atoms with E-state index >= 15 is 0 Å². The number of nitrogens with zero attached hydrogens (tertiary/aromatic N) is 2. The first kappa shape index (κ1) is 14.2. The standard InChI is InChI=1S/C13H19BrN2O/c1-9(2)8-16(10(3)4)13(17)11-5-6-12(14)15-7-11/h5-7,9-10H,8H2,1-4H3. The molecule has 0 saturated carbocycles. The summed E-state index contributed by atoms with van der Waals surface area (Å²) in [5, 5.41) is 0. The molecule has 1 rings (SSSR count). The van der Waals surface area contributed by atoms with Crippen LogP contribution in [0.25, 0.3) is 0 Å². The maximum absolute atomic E-state index is 12.3. The largest absolute Gasteiger partial charge is 0.336 e. The van der Waals surface area contributed by atoms with Crippen LogP contribution in [0.5, 0.6) is 0 Å². The average Bonchev–Trinajstić information content (AvgIpc) is 2.25. The fraction of sp³-hybridized carbons (Fsp3) is 0.538. The second-order valence-electron chi connectivity index (χ2n) is 4.81. The number of hydrogen-bond acceptors (Lipinski definition) is 2. The number of carbonyl (C=O) groups is 1. The quantitative estimate of drug-likeness (QED) is 0.799. The molecule has 0 radical (unpaired) electrons. The van der Waals surface area contributed by atoms with E-state index in [-0.39, 0.29) is 11.9 Å². The SMILES string of the molecule is CC(C)CN(C(=O)c1ccc(Br)nc1)C(C)C. The van der Waals surface area contributed by atoms with E-state index < -0.39 is 0 Å². The molecule has 0 unspecified atom stereocenters. The van der Waals surface area contributed by atoms with Crippen molar-refractivity contribution in [2.45, 2.75) is 33.7 Å². The highest BCUT2D eigenvalue weighted by Gasteiger charge is 2.19. The highest BCUT2D eigenvalue weighted by molar-refractivity contribution is 9.10. The first-order chi connectivity index (χ1) is 7.91. The molecular formula is C13H19BrN2O. The Bertz CT molecular complexity index is 374. The van der Waals surface area contributed by atoms with Gasteiger partial charge in [0.25, 0.3) is 5.91 Å². The summed E-state index contributed by atoms with van der Waals surface area (Å²) >= 11 is 3.26.